The Morgan fingerprint density at radius 1 is 1.13 bits per heavy atom. The molecule has 1 heterocycles. The Morgan fingerprint density at radius 2 is 1.74 bits per heavy atom. The predicted molar refractivity (Wildman–Crippen MR) is 80.1 cm³/mol. The van der Waals surface area contributed by atoms with Crippen LogP contribution in [0.1, 0.15) is 37.7 Å². The summed E-state index contributed by atoms with van der Waals surface area (Å²) in [4.78, 5) is 14.4. The molecule has 0 radical (unpaired) electrons. The van der Waals surface area contributed by atoms with Crippen molar-refractivity contribution in [2.45, 2.75) is 50.8 Å². The monoisotopic (exact) mass is 327 g/mol. The average molecular weight is 327 g/mol. The van der Waals surface area contributed by atoms with Crippen LogP contribution in [0.3, 0.4) is 0 Å². The van der Waals surface area contributed by atoms with E-state index in [4.69, 9.17) is 0 Å². The quantitative estimate of drug-likeness (QED) is 0.904. The third kappa shape index (κ3) is 3.37. The zero-order chi connectivity index (χ0) is 16.7. The number of carbonyl (C=O) groups is 1. The maximum atomic E-state index is 12.8. The molecule has 1 aliphatic carbocycles. The van der Waals surface area contributed by atoms with Gasteiger partial charge in [-0.25, -0.2) is 0 Å². The fourth-order valence-corrected chi connectivity index (χ4v) is 3.71. The lowest BCUT2D eigenvalue weighted by Gasteiger charge is -2.33. The summed E-state index contributed by atoms with van der Waals surface area (Å²) in [6.07, 6.45) is -2.08. The van der Waals surface area contributed by atoms with Gasteiger partial charge in [-0.15, -0.1) is 0 Å². The van der Waals surface area contributed by atoms with Gasteiger partial charge in [-0.05, 0) is 49.8 Å². The number of nitrogens with zero attached hydrogens (tertiary/aromatic N) is 1. The number of anilines is 1. The minimum Gasteiger partial charge on any atom is -0.393 e. The van der Waals surface area contributed by atoms with E-state index in [0.29, 0.717) is 37.9 Å². The summed E-state index contributed by atoms with van der Waals surface area (Å²) in [5, 5.41) is 9.63. The Balaban J connectivity index is 1.72. The van der Waals surface area contributed by atoms with E-state index in [1.165, 1.54) is 12.1 Å². The molecule has 1 N–H and O–H groups in total. The molecule has 3 nitrogen and oxygen atoms in total. The van der Waals surface area contributed by atoms with Crippen molar-refractivity contribution in [3.63, 3.8) is 0 Å². The van der Waals surface area contributed by atoms with Gasteiger partial charge in [-0.1, -0.05) is 12.1 Å². The van der Waals surface area contributed by atoms with Crippen molar-refractivity contribution in [2.24, 2.45) is 5.41 Å². The number of carbonyl (C=O) groups excluding carboxylic acids is 1. The third-order valence-electron chi connectivity index (χ3n) is 5.08. The number of hydrogen-bond acceptors (Lipinski definition) is 2. The first kappa shape index (κ1) is 16.3. The number of aliphatic hydroxyl groups excluding tert-OH is 1. The first-order valence-electron chi connectivity index (χ1n) is 7.95. The molecule has 1 aliphatic heterocycles. The number of alkyl halides is 3. The molecule has 126 valence electrons. The van der Waals surface area contributed by atoms with Crippen molar-refractivity contribution in [2.75, 3.05) is 11.4 Å². The number of benzene rings is 1. The van der Waals surface area contributed by atoms with E-state index in [2.05, 4.69) is 0 Å². The zero-order valence-corrected chi connectivity index (χ0v) is 12.8. The van der Waals surface area contributed by atoms with Crippen LogP contribution < -0.4 is 4.90 Å². The number of aliphatic hydroxyl groups is 1. The number of halogens is 3. The summed E-state index contributed by atoms with van der Waals surface area (Å²) in [6, 6.07) is 6.06. The van der Waals surface area contributed by atoms with Crippen LogP contribution in [0.4, 0.5) is 18.9 Å². The van der Waals surface area contributed by atoms with E-state index in [0.717, 1.165) is 6.42 Å². The third-order valence-corrected chi connectivity index (χ3v) is 5.08. The largest absolute Gasteiger partial charge is 0.393 e. The first-order valence-corrected chi connectivity index (χ1v) is 7.95. The van der Waals surface area contributed by atoms with E-state index >= 15 is 0 Å². The van der Waals surface area contributed by atoms with Crippen LogP contribution in [-0.4, -0.2) is 29.8 Å². The molecule has 1 aromatic carbocycles. The maximum Gasteiger partial charge on any atom is 0.393 e. The van der Waals surface area contributed by atoms with Crippen molar-refractivity contribution in [3.8, 4) is 0 Å². The van der Waals surface area contributed by atoms with Gasteiger partial charge in [0.1, 0.15) is 0 Å². The lowest BCUT2D eigenvalue weighted by molar-refractivity contribution is -0.128. The number of rotatable bonds is 2. The fourth-order valence-electron chi connectivity index (χ4n) is 3.71. The molecule has 1 spiro atoms. The summed E-state index contributed by atoms with van der Waals surface area (Å²) in [7, 11) is 0. The number of hydrogen-bond donors (Lipinski definition) is 1. The molecule has 1 aromatic rings. The highest BCUT2D eigenvalue weighted by molar-refractivity contribution is 5.99. The Hall–Kier alpha value is -1.56. The second-order valence-corrected chi connectivity index (χ2v) is 6.68. The normalized spacial score (nSPS) is 28.6. The lowest BCUT2D eigenvalue weighted by Crippen LogP contribution is -2.38. The van der Waals surface area contributed by atoms with Gasteiger partial charge in [0, 0.05) is 12.2 Å². The highest BCUT2D eigenvalue weighted by atomic mass is 19.4. The highest BCUT2D eigenvalue weighted by Crippen LogP contribution is 2.46. The van der Waals surface area contributed by atoms with Crippen LogP contribution in [0.2, 0.25) is 0 Å². The van der Waals surface area contributed by atoms with Gasteiger partial charge in [-0.3, -0.25) is 4.79 Å². The second-order valence-electron chi connectivity index (χ2n) is 6.68. The Kier molecular flexibility index (Phi) is 4.12. The Labute approximate surface area is 133 Å². The standard InChI is InChI=1S/C17H20F3NO2/c18-17(19,20)11-12-1-3-13(4-2-12)21-10-9-16(15(21)23)7-5-14(22)6-8-16/h1-4,14,22H,5-11H2. The molecule has 0 unspecified atom stereocenters. The molecule has 0 aromatic heterocycles. The van der Waals surface area contributed by atoms with Crippen LogP contribution in [0.5, 0.6) is 0 Å². The molecule has 2 fully saturated rings. The molecule has 1 amide bonds. The molecule has 2 aliphatic rings. The van der Waals surface area contributed by atoms with Gasteiger partial charge in [-0.2, -0.15) is 13.2 Å². The molecular formula is C17H20F3NO2. The van der Waals surface area contributed by atoms with Crippen molar-refractivity contribution in [1.29, 1.82) is 0 Å². The smallest absolute Gasteiger partial charge is 0.393 e. The van der Waals surface area contributed by atoms with E-state index in [1.807, 2.05) is 0 Å². The van der Waals surface area contributed by atoms with E-state index in [1.54, 1.807) is 17.0 Å². The first-order chi connectivity index (χ1) is 10.8. The molecule has 6 heteroatoms. The van der Waals surface area contributed by atoms with E-state index in [-0.39, 0.29) is 23.0 Å². The lowest BCUT2D eigenvalue weighted by atomic mass is 9.72. The van der Waals surface area contributed by atoms with Crippen molar-refractivity contribution < 1.29 is 23.1 Å². The second kappa shape index (κ2) is 5.82. The molecule has 1 saturated carbocycles. The molecule has 1 saturated heterocycles. The summed E-state index contributed by atoms with van der Waals surface area (Å²) >= 11 is 0. The number of amides is 1. The van der Waals surface area contributed by atoms with Gasteiger partial charge >= 0.3 is 6.18 Å². The minimum atomic E-state index is -4.22. The average Bonchev–Trinajstić information content (AvgIpc) is 2.79. The fraction of sp³-hybridized carbons (Fsp3) is 0.588. The van der Waals surface area contributed by atoms with Crippen LogP contribution in [-0.2, 0) is 11.2 Å². The zero-order valence-electron chi connectivity index (χ0n) is 12.8. The van der Waals surface area contributed by atoms with Crippen molar-refractivity contribution >= 4 is 11.6 Å². The molecule has 0 atom stereocenters. The van der Waals surface area contributed by atoms with Crippen molar-refractivity contribution in [3.05, 3.63) is 29.8 Å². The summed E-state index contributed by atoms with van der Waals surface area (Å²) in [5.41, 5.74) is 0.469. The summed E-state index contributed by atoms with van der Waals surface area (Å²) in [6.45, 7) is 0.591. The van der Waals surface area contributed by atoms with Gasteiger partial charge < -0.3 is 10.0 Å². The van der Waals surface area contributed by atoms with E-state index < -0.39 is 12.6 Å². The molecule has 0 bridgehead atoms. The Bertz CT molecular complexity index is 574. The van der Waals surface area contributed by atoms with Crippen LogP contribution in [0.25, 0.3) is 0 Å². The van der Waals surface area contributed by atoms with Crippen LogP contribution in [0.15, 0.2) is 24.3 Å². The summed E-state index contributed by atoms with van der Waals surface area (Å²) in [5.74, 6) is 0.0490. The predicted octanol–water partition coefficient (Wildman–Crippen LogP) is 3.45. The van der Waals surface area contributed by atoms with E-state index in [9.17, 15) is 23.1 Å². The molecule has 23 heavy (non-hydrogen) atoms. The maximum absolute atomic E-state index is 12.8. The summed E-state index contributed by atoms with van der Waals surface area (Å²) < 4.78 is 37.2. The molecular weight excluding hydrogens is 307 g/mol. The van der Waals surface area contributed by atoms with Gasteiger partial charge in [0.25, 0.3) is 0 Å². The van der Waals surface area contributed by atoms with Gasteiger partial charge in [0.15, 0.2) is 0 Å². The topological polar surface area (TPSA) is 40.5 Å². The highest BCUT2D eigenvalue weighted by Gasteiger charge is 2.48. The van der Waals surface area contributed by atoms with Gasteiger partial charge in [0.05, 0.1) is 17.9 Å². The minimum absolute atomic E-state index is 0.0490. The van der Waals surface area contributed by atoms with Gasteiger partial charge in [0.2, 0.25) is 5.91 Å². The van der Waals surface area contributed by atoms with Crippen LogP contribution in [0, 0.1) is 5.41 Å². The van der Waals surface area contributed by atoms with Crippen molar-refractivity contribution in [1.82, 2.24) is 0 Å². The SMILES string of the molecule is O=C1N(c2ccc(CC(F)(F)F)cc2)CCC12CCC(O)CC2. The Morgan fingerprint density at radius 3 is 2.30 bits per heavy atom. The van der Waals surface area contributed by atoms with Crippen LogP contribution >= 0.6 is 0 Å². The molecule has 3 rings (SSSR count).